The van der Waals surface area contributed by atoms with Gasteiger partial charge in [-0.2, -0.15) is 4.98 Å². The van der Waals surface area contributed by atoms with Gasteiger partial charge in [0, 0.05) is 10.2 Å². The number of benzene rings is 1. The van der Waals surface area contributed by atoms with Crippen LogP contribution >= 0.6 is 39.5 Å². The van der Waals surface area contributed by atoms with Gasteiger partial charge in [-0.25, -0.2) is 0 Å². The zero-order chi connectivity index (χ0) is 15.4. The predicted molar refractivity (Wildman–Crippen MR) is 94.8 cm³/mol. The molecule has 0 aliphatic rings. The first-order chi connectivity index (χ1) is 10.7. The van der Waals surface area contributed by atoms with Crippen molar-refractivity contribution in [3.8, 4) is 10.7 Å². The first kappa shape index (κ1) is 15.1. The van der Waals surface area contributed by atoms with Crippen molar-refractivity contribution in [3.63, 3.8) is 0 Å². The minimum Gasteiger partial charge on any atom is -0.353 e. The van der Waals surface area contributed by atoms with E-state index in [2.05, 4.69) is 36.7 Å². The molecule has 0 spiro atoms. The van der Waals surface area contributed by atoms with Crippen molar-refractivity contribution in [1.82, 2.24) is 15.5 Å². The van der Waals surface area contributed by atoms with Gasteiger partial charge in [-0.05, 0) is 47.9 Å². The fourth-order valence-electron chi connectivity index (χ4n) is 1.70. The highest BCUT2D eigenvalue weighted by Crippen LogP contribution is 2.21. The Hall–Kier alpha value is -1.77. The molecule has 0 saturated carbocycles. The molecule has 112 valence electrons. The average Bonchev–Trinajstić information content (AvgIpc) is 3.18. The lowest BCUT2D eigenvalue weighted by Gasteiger charge is -2.08. The van der Waals surface area contributed by atoms with Crippen molar-refractivity contribution in [3.05, 3.63) is 52.1 Å². The van der Waals surface area contributed by atoms with Crippen molar-refractivity contribution >= 4 is 50.3 Å². The second-order valence-electron chi connectivity index (χ2n) is 4.30. The maximum Gasteiger partial charge on any atom is 0.246 e. The highest BCUT2D eigenvalue weighted by Gasteiger charge is 2.09. The fourth-order valence-corrected chi connectivity index (χ4v) is 2.80. The number of anilines is 1. The Balaban J connectivity index is 1.54. The molecule has 2 N–H and O–H groups in total. The quantitative estimate of drug-likeness (QED) is 0.650. The molecule has 0 aliphatic carbocycles. The first-order valence-corrected chi connectivity index (χ1v) is 8.46. The zero-order valence-electron chi connectivity index (χ0n) is 11.2. The Morgan fingerprint density at radius 2 is 2.09 bits per heavy atom. The van der Waals surface area contributed by atoms with Gasteiger partial charge < -0.3 is 15.2 Å². The topological polar surface area (TPSA) is 63.0 Å². The molecule has 22 heavy (non-hydrogen) atoms. The molecule has 1 aromatic carbocycles. The summed E-state index contributed by atoms with van der Waals surface area (Å²) in [5, 5.41) is 12.5. The number of thiophene rings is 1. The Morgan fingerprint density at radius 1 is 1.27 bits per heavy atom. The monoisotopic (exact) mass is 394 g/mol. The van der Waals surface area contributed by atoms with Crippen LogP contribution in [-0.4, -0.2) is 15.3 Å². The molecule has 0 unspecified atom stereocenters. The minimum absolute atomic E-state index is 0.376. The molecule has 5 nitrogen and oxygen atoms in total. The lowest BCUT2D eigenvalue weighted by Crippen LogP contribution is -2.27. The first-order valence-electron chi connectivity index (χ1n) is 6.37. The van der Waals surface area contributed by atoms with Crippen LogP contribution in [0.4, 0.5) is 5.69 Å². The number of rotatable bonds is 4. The molecule has 8 heteroatoms. The van der Waals surface area contributed by atoms with E-state index in [1.807, 2.05) is 41.8 Å². The number of aromatic nitrogens is 2. The Kier molecular flexibility index (Phi) is 4.81. The van der Waals surface area contributed by atoms with Gasteiger partial charge in [-0.1, -0.05) is 27.2 Å². The average molecular weight is 395 g/mol. The number of hydrogen-bond acceptors (Lipinski definition) is 5. The molecule has 0 radical (unpaired) electrons. The summed E-state index contributed by atoms with van der Waals surface area (Å²) in [5.74, 6) is 1.09. The van der Waals surface area contributed by atoms with E-state index in [1.54, 1.807) is 11.3 Å². The molecular weight excluding hydrogens is 384 g/mol. The SMILES string of the molecule is S=C(NCc1nc(-c2cccs2)no1)Nc1ccc(Br)cc1. The molecule has 0 aliphatic heterocycles. The summed E-state index contributed by atoms with van der Waals surface area (Å²) in [6.45, 7) is 0.376. The van der Waals surface area contributed by atoms with E-state index in [1.165, 1.54) is 0 Å². The molecule has 0 fully saturated rings. The summed E-state index contributed by atoms with van der Waals surface area (Å²) >= 11 is 10.2. The van der Waals surface area contributed by atoms with Gasteiger partial charge in [0.2, 0.25) is 11.7 Å². The molecule has 0 bridgehead atoms. The van der Waals surface area contributed by atoms with Crippen molar-refractivity contribution in [2.24, 2.45) is 0 Å². The van der Waals surface area contributed by atoms with Gasteiger partial charge in [0.15, 0.2) is 5.11 Å². The van der Waals surface area contributed by atoms with Crippen LogP contribution in [0.3, 0.4) is 0 Å². The van der Waals surface area contributed by atoms with Crippen molar-refractivity contribution < 1.29 is 4.52 Å². The van der Waals surface area contributed by atoms with E-state index < -0.39 is 0 Å². The van der Waals surface area contributed by atoms with Gasteiger partial charge in [0.25, 0.3) is 0 Å². The second kappa shape index (κ2) is 6.99. The molecular formula is C14H11BrN4OS2. The van der Waals surface area contributed by atoms with Crippen molar-refractivity contribution in [2.45, 2.75) is 6.54 Å². The van der Waals surface area contributed by atoms with Gasteiger partial charge in [0.1, 0.15) is 0 Å². The van der Waals surface area contributed by atoms with E-state index in [-0.39, 0.29) is 0 Å². The highest BCUT2D eigenvalue weighted by molar-refractivity contribution is 9.10. The maximum absolute atomic E-state index is 5.23. The lowest BCUT2D eigenvalue weighted by molar-refractivity contribution is 0.376. The third-order valence-electron chi connectivity index (χ3n) is 2.71. The van der Waals surface area contributed by atoms with Gasteiger partial charge >= 0.3 is 0 Å². The Bertz CT molecular complexity index is 756. The number of thiocarbonyl (C=S) groups is 1. The fraction of sp³-hybridized carbons (Fsp3) is 0.0714. The van der Waals surface area contributed by atoms with Crippen LogP contribution in [-0.2, 0) is 6.54 Å². The summed E-state index contributed by atoms with van der Waals surface area (Å²) in [6.07, 6.45) is 0. The summed E-state index contributed by atoms with van der Waals surface area (Å²) in [6, 6.07) is 11.6. The molecule has 2 aromatic heterocycles. The highest BCUT2D eigenvalue weighted by atomic mass is 79.9. The van der Waals surface area contributed by atoms with Crippen molar-refractivity contribution in [2.75, 3.05) is 5.32 Å². The van der Waals surface area contributed by atoms with Crippen LogP contribution < -0.4 is 10.6 Å². The molecule has 3 aromatic rings. The third kappa shape index (κ3) is 3.90. The maximum atomic E-state index is 5.23. The molecule has 3 rings (SSSR count). The summed E-state index contributed by atoms with van der Waals surface area (Å²) < 4.78 is 6.21. The van der Waals surface area contributed by atoms with Crippen LogP contribution in [0.2, 0.25) is 0 Å². The number of halogens is 1. The molecule has 0 amide bonds. The van der Waals surface area contributed by atoms with Crippen LogP contribution in [0.1, 0.15) is 5.89 Å². The van der Waals surface area contributed by atoms with Crippen LogP contribution in [0.5, 0.6) is 0 Å². The van der Waals surface area contributed by atoms with Gasteiger partial charge in [0.05, 0.1) is 11.4 Å². The van der Waals surface area contributed by atoms with Crippen LogP contribution in [0.15, 0.2) is 50.8 Å². The predicted octanol–water partition coefficient (Wildman–Crippen LogP) is 4.05. The van der Waals surface area contributed by atoms with E-state index in [0.29, 0.717) is 23.4 Å². The molecule has 2 heterocycles. The standard InChI is InChI=1S/C14H11BrN4OS2/c15-9-3-5-10(6-4-9)17-14(21)16-8-12-18-13(19-20-12)11-2-1-7-22-11/h1-7H,8H2,(H2,16,17,21). The van der Waals surface area contributed by atoms with Crippen LogP contribution in [0.25, 0.3) is 10.7 Å². The molecule has 0 atom stereocenters. The van der Waals surface area contributed by atoms with Crippen LogP contribution in [0, 0.1) is 0 Å². The largest absolute Gasteiger partial charge is 0.353 e. The lowest BCUT2D eigenvalue weighted by atomic mass is 10.3. The van der Waals surface area contributed by atoms with E-state index >= 15 is 0 Å². The van der Waals surface area contributed by atoms with Crippen molar-refractivity contribution in [1.29, 1.82) is 0 Å². The smallest absolute Gasteiger partial charge is 0.246 e. The Labute approximate surface area is 144 Å². The second-order valence-corrected chi connectivity index (χ2v) is 6.58. The third-order valence-corrected chi connectivity index (χ3v) is 4.35. The minimum atomic E-state index is 0.376. The van der Waals surface area contributed by atoms with E-state index in [0.717, 1.165) is 15.0 Å². The Morgan fingerprint density at radius 3 is 2.82 bits per heavy atom. The summed E-state index contributed by atoms with van der Waals surface area (Å²) in [5.41, 5.74) is 0.908. The van der Waals surface area contributed by atoms with Gasteiger partial charge in [-0.15, -0.1) is 11.3 Å². The summed E-state index contributed by atoms with van der Waals surface area (Å²) in [4.78, 5) is 5.30. The number of hydrogen-bond donors (Lipinski definition) is 2. The van der Waals surface area contributed by atoms with E-state index in [4.69, 9.17) is 16.7 Å². The van der Waals surface area contributed by atoms with Gasteiger partial charge in [-0.3, -0.25) is 0 Å². The summed E-state index contributed by atoms with van der Waals surface area (Å²) in [7, 11) is 0. The molecule has 0 saturated heterocycles. The zero-order valence-corrected chi connectivity index (χ0v) is 14.5. The number of nitrogens with one attached hydrogen (secondary N) is 2. The number of nitrogens with zero attached hydrogens (tertiary/aromatic N) is 2. The normalized spacial score (nSPS) is 10.4. The van der Waals surface area contributed by atoms with E-state index in [9.17, 15) is 0 Å².